The quantitative estimate of drug-likeness (QED) is 0.111. The van der Waals surface area contributed by atoms with Gasteiger partial charge < -0.3 is 14.2 Å². The van der Waals surface area contributed by atoms with Gasteiger partial charge in [-0.1, -0.05) is 59.3 Å². The first kappa shape index (κ1) is 26.5. The van der Waals surface area contributed by atoms with Gasteiger partial charge in [0.25, 0.3) is 0 Å². The smallest absolute Gasteiger partial charge is 0.343 e. The molecule has 4 nitrogen and oxygen atoms in total. The molecule has 180 valence electrons. The molecule has 4 heteroatoms. The Morgan fingerprint density at radius 2 is 1.55 bits per heavy atom. The van der Waals surface area contributed by atoms with E-state index in [1.807, 2.05) is 18.2 Å². The Morgan fingerprint density at radius 3 is 2.24 bits per heavy atom. The third-order valence-electron chi connectivity index (χ3n) is 5.71. The van der Waals surface area contributed by atoms with Crippen molar-refractivity contribution in [2.45, 2.75) is 78.6 Å². The number of hydrogen-bond donors (Lipinski definition) is 0. The van der Waals surface area contributed by atoms with Crippen LogP contribution in [0.3, 0.4) is 0 Å². The van der Waals surface area contributed by atoms with Gasteiger partial charge in [-0.25, -0.2) is 4.79 Å². The molecular formula is C29H40O4. The molecule has 2 aromatic rings. The molecule has 2 rings (SSSR count). The third kappa shape index (κ3) is 11.1. The second-order valence-corrected chi connectivity index (χ2v) is 8.58. The van der Waals surface area contributed by atoms with Crippen LogP contribution < -0.4 is 14.2 Å². The maximum absolute atomic E-state index is 12.4. The van der Waals surface area contributed by atoms with Crippen LogP contribution in [0.4, 0.5) is 0 Å². The Labute approximate surface area is 200 Å². The molecule has 0 amide bonds. The van der Waals surface area contributed by atoms with Crippen LogP contribution in [0.2, 0.25) is 0 Å². The fraction of sp³-hybridized carbons (Fsp3) is 0.483. The number of esters is 1. The number of unbranched alkanes of at least 4 members (excludes halogenated alkanes) is 5. The van der Waals surface area contributed by atoms with E-state index in [1.165, 1.54) is 44.9 Å². The second kappa shape index (κ2) is 16.0. The predicted octanol–water partition coefficient (Wildman–Crippen LogP) is 8.36. The highest BCUT2D eigenvalue weighted by Gasteiger charge is 2.09. The summed E-state index contributed by atoms with van der Waals surface area (Å²) in [6, 6.07) is 14.2. The zero-order chi connectivity index (χ0) is 23.7. The lowest BCUT2D eigenvalue weighted by Gasteiger charge is -2.09. The Bertz CT molecular complexity index is 809. The molecule has 0 aliphatic rings. The number of hydrogen-bond acceptors (Lipinski definition) is 4. The summed E-state index contributed by atoms with van der Waals surface area (Å²) in [5.74, 6) is 2.40. The van der Waals surface area contributed by atoms with Gasteiger partial charge in [-0.2, -0.15) is 0 Å². The van der Waals surface area contributed by atoms with Gasteiger partial charge in [0.05, 0.1) is 18.4 Å². The summed E-state index contributed by atoms with van der Waals surface area (Å²) in [7, 11) is 0. The van der Waals surface area contributed by atoms with E-state index in [4.69, 9.17) is 14.2 Å². The molecule has 0 fully saturated rings. The highest BCUT2D eigenvalue weighted by atomic mass is 16.5. The lowest BCUT2D eigenvalue weighted by atomic mass is 10.0. The average molecular weight is 453 g/mol. The summed E-state index contributed by atoms with van der Waals surface area (Å²) >= 11 is 0. The number of allylic oxidation sites excluding steroid dienone is 1. The van der Waals surface area contributed by atoms with Crippen molar-refractivity contribution in [2.24, 2.45) is 5.92 Å². The summed E-state index contributed by atoms with van der Waals surface area (Å²) in [5.41, 5.74) is 0.479. The fourth-order valence-electron chi connectivity index (χ4n) is 3.31. The minimum Gasteiger partial charge on any atom is -0.494 e. The Hall–Kier alpha value is -2.75. The molecule has 33 heavy (non-hydrogen) atoms. The number of benzene rings is 2. The van der Waals surface area contributed by atoms with Gasteiger partial charge >= 0.3 is 5.97 Å². The van der Waals surface area contributed by atoms with Gasteiger partial charge in [-0.3, -0.25) is 0 Å². The molecule has 0 radical (unpaired) electrons. The van der Waals surface area contributed by atoms with E-state index < -0.39 is 5.97 Å². The highest BCUT2D eigenvalue weighted by molar-refractivity contribution is 5.91. The summed E-state index contributed by atoms with van der Waals surface area (Å²) in [5, 5.41) is 0. The lowest BCUT2D eigenvalue weighted by Crippen LogP contribution is -2.08. The van der Waals surface area contributed by atoms with Crippen molar-refractivity contribution in [1.29, 1.82) is 0 Å². The normalized spacial score (nSPS) is 12.0. The second-order valence-electron chi connectivity index (χ2n) is 8.58. The van der Waals surface area contributed by atoms with Crippen LogP contribution in [0.25, 0.3) is 0 Å². The fourth-order valence-corrected chi connectivity index (χ4v) is 3.31. The van der Waals surface area contributed by atoms with E-state index in [2.05, 4.69) is 20.8 Å². The Kier molecular flexibility index (Phi) is 12.8. The largest absolute Gasteiger partial charge is 0.494 e. The van der Waals surface area contributed by atoms with E-state index in [-0.39, 0.29) is 0 Å². The molecule has 0 heterocycles. The summed E-state index contributed by atoms with van der Waals surface area (Å²) in [6.45, 7) is 7.45. The molecule has 0 unspecified atom stereocenters. The van der Waals surface area contributed by atoms with Gasteiger partial charge in [-0.05, 0) is 79.8 Å². The van der Waals surface area contributed by atoms with Crippen LogP contribution in [0.1, 0.15) is 88.9 Å². The van der Waals surface area contributed by atoms with Crippen LogP contribution in [0.5, 0.6) is 17.2 Å². The average Bonchev–Trinajstić information content (AvgIpc) is 2.84. The van der Waals surface area contributed by atoms with E-state index in [1.54, 1.807) is 42.7 Å². The highest BCUT2D eigenvalue weighted by Crippen LogP contribution is 2.20. The third-order valence-corrected chi connectivity index (χ3v) is 5.71. The maximum atomic E-state index is 12.4. The molecule has 0 bridgehead atoms. The Morgan fingerprint density at radius 1 is 0.848 bits per heavy atom. The van der Waals surface area contributed by atoms with Crippen molar-refractivity contribution in [3.8, 4) is 17.2 Å². The molecule has 0 aliphatic heterocycles. The van der Waals surface area contributed by atoms with Crippen molar-refractivity contribution >= 4 is 5.97 Å². The number of ether oxygens (including phenoxy) is 3. The molecule has 0 aliphatic carbocycles. The SMILES string of the molecule is CCCCC/C=C/Oc1ccc(C(=O)Oc2ccc(OCCCCC[C@@H](C)CC)cc2)cc1. The lowest BCUT2D eigenvalue weighted by molar-refractivity contribution is 0.0734. The summed E-state index contributed by atoms with van der Waals surface area (Å²) in [4.78, 5) is 12.4. The minimum atomic E-state index is -0.397. The minimum absolute atomic E-state index is 0.397. The molecular weight excluding hydrogens is 412 g/mol. The molecule has 1 atom stereocenters. The van der Waals surface area contributed by atoms with Crippen molar-refractivity contribution < 1.29 is 19.0 Å². The number of carbonyl (C=O) groups is 1. The molecule has 0 saturated heterocycles. The van der Waals surface area contributed by atoms with E-state index in [9.17, 15) is 4.79 Å². The molecule has 0 aromatic heterocycles. The van der Waals surface area contributed by atoms with E-state index in [0.717, 1.165) is 24.5 Å². The van der Waals surface area contributed by atoms with Gasteiger partial charge in [0.2, 0.25) is 0 Å². The zero-order valence-electron chi connectivity index (χ0n) is 20.6. The first-order chi connectivity index (χ1) is 16.1. The van der Waals surface area contributed by atoms with Crippen LogP contribution in [-0.2, 0) is 0 Å². The van der Waals surface area contributed by atoms with Crippen LogP contribution in [0, 0.1) is 5.92 Å². The predicted molar refractivity (Wildman–Crippen MR) is 135 cm³/mol. The first-order valence-corrected chi connectivity index (χ1v) is 12.5. The molecule has 2 aromatic carbocycles. The number of carbonyl (C=O) groups excluding carboxylic acids is 1. The molecule has 0 saturated carbocycles. The standard InChI is InChI=1S/C29H40O4/c1-4-6-7-8-11-22-31-26-16-14-25(15-17-26)29(30)33-28-20-18-27(19-21-28)32-23-12-9-10-13-24(3)5-2/h11,14-22,24H,4-10,12-13,23H2,1-3H3/b22-11+/t24-/m0/s1. The first-order valence-electron chi connectivity index (χ1n) is 12.5. The van der Waals surface area contributed by atoms with Crippen molar-refractivity contribution in [3.63, 3.8) is 0 Å². The van der Waals surface area contributed by atoms with E-state index >= 15 is 0 Å². The van der Waals surface area contributed by atoms with E-state index in [0.29, 0.717) is 23.7 Å². The van der Waals surface area contributed by atoms with Gasteiger partial charge in [0.1, 0.15) is 17.2 Å². The van der Waals surface area contributed by atoms with Crippen molar-refractivity contribution in [1.82, 2.24) is 0 Å². The van der Waals surface area contributed by atoms with Crippen LogP contribution in [-0.4, -0.2) is 12.6 Å². The van der Waals surface area contributed by atoms with Gasteiger partial charge in [0.15, 0.2) is 0 Å². The van der Waals surface area contributed by atoms with Crippen LogP contribution in [0.15, 0.2) is 60.9 Å². The monoisotopic (exact) mass is 452 g/mol. The summed E-state index contributed by atoms with van der Waals surface area (Å²) < 4.78 is 16.8. The Balaban J connectivity index is 1.70. The van der Waals surface area contributed by atoms with Gasteiger partial charge in [0, 0.05) is 0 Å². The van der Waals surface area contributed by atoms with Crippen molar-refractivity contribution in [2.75, 3.05) is 6.61 Å². The topological polar surface area (TPSA) is 44.8 Å². The molecule has 0 N–H and O–H groups in total. The van der Waals surface area contributed by atoms with Crippen molar-refractivity contribution in [3.05, 3.63) is 66.4 Å². The van der Waals surface area contributed by atoms with Gasteiger partial charge in [-0.15, -0.1) is 0 Å². The van der Waals surface area contributed by atoms with Crippen LogP contribution >= 0.6 is 0 Å². The zero-order valence-corrected chi connectivity index (χ0v) is 20.6. The summed E-state index contributed by atoms with van der Waals surface area (Å²) in [6.07, 6.45) is 14.4. The maximum Gasteiger partial charge on any atom is 0.343 e. The number of rotatable bonds is 16. The molecule has 0 spiro atoms.